The molecule has 37 heavy (non-hydrogen) atoms. The monoisotopic (exact) mass is 500 g/mol. The van der Waals surface area contributed by atoms with E-state index in [4.69, 9.17) is 9.47 Å². The van der Waals surface area contributed by atoms with Crippen molar-refractivity contribution in [2.45, 2.75) is 25.8 Å². The number of phenolic OH excluding ortho intramolecular Hbond substituents is 1. The zero-order valence-electron chi connectivity index (χ0n) is 21.0. The van der Waals surface area contributed by atoms with Gasteiger partial charge >= 0.3 is 0 Å². The molecule has 2 N–H and O–H groups in total. The summed E-state index contributed by atoms with van der Waals surface area (Å²) in [4.78, 5) is 19.7. The van der Waals surface area contributed by atoms with Gasteiger partial charge in [0.05, 0.1) is 24.9 Å². The van der Waals surface area contributed by atoms with Crippen molar-refractivity contribution in [3.05, 3.63) is 71.4 Å². The highest BCUT2D eigenvalue weighted by Crippen LogP contribution is 2.24. The van der Waals surface area contributed by atoms with Crippen molar-refractivity contribution in [3.63, 3.8) is 0 Å². The van der Waals surface area contributed by atoms with Gasteiger partial charge in [0.15, 0.2) is 0 Å². The molecule has 0 bridgehead atoms. The van der Waals surface area contributed by atoms with E-state index >= 15 is 0 Å². The Morgan fingerprint density at radius 2 is 2.00 bits per heavy atom. The smallest absolute Gasteiger partial charge is 0.262 e. The highest BCUT2D eigenvalue weighted by molar-refractivity contribution is 6.02. The molecule has 0 radical (unpaired) electrons. The average Bonchev–Trinajstić information content (AvgIpc) is 2.93. The lowest BCUT2D eigenvalue weighted by Gasteiger charge is -2.26. The van der Waals surface area contributed by atoms with Crippen LogP contribution in [-0.4, -0.2) is 60.4 Å². The lowest BCUT2D eigenvalue weighted by atomic mass is 10.0. The summed E-state index contributed by atoms with van der Waals surface area (Å²) in [5, 5.41) is 23.5. The third-order valence-corrected chi connectivity index (χ3v) is 6.32. The molecule has 0 saturated carbocycles. The average molecular weight is 501 g/mol. The lowest BCUT2D eigenvalue weighted by molar-refractivity contribution is -0.117. The Balaban J connectivity index is 1.40. The molecule has 8 heteroatoms. The Bertz CT molecular complexity index is 1280. The molecule has 1 unspecified atom stereocenters. The molecule has 1 atom stereocenters. The minimum Gasteiger partial charge on any atom is -0.506 e. The minimum absolute atomic E-state index is 0.0484. The standard InChI is InChI=1S/C29H32N4O4/c1-2-4-26(21-8-11-25(12-9-21)37-18-15-33-13-16-36-17-14-33)32-29(35)23(20-30)19-24-10-7-22-5-3-6-27(34)28(22)31-24/h3,5-12,19,26,34H,2,4,13-18H2,1H3,(H,32,35)/b23-19+. The molecule has 4 rings (SSSR count). The summed E-state index contributed by atoms with van der Waals surface area (Å²) in [6.45, 7) is 6.90. The number of nitrogens with one attached hydrogen (secondary N) is 1. The number of aromatic nitrogens is 1. The molecule has 2 heterocycles. The van der Waals surface area contributed by atoms with E-state index in [9.17, 15) is 15.2 Å². The number of hydrogen-bond acceptors (Lipinski definition) is 7. The van der Waals surface area contributed by atoms with Crippen LogP contribution in [0.4, 0.5) is 0 Å². The molecule has 2 aromatic carbocycles. The summed E-state index contributed by atoms with van der Waals surface area (Å²) in [5.74, 6) is 0.361. The summed E-state index contributed by atoms with van der Waals surface area (Å²) in [6, 6.07) is 18.1. The van der Waals surface area contributed by atoms with Gasteiger partial charge in [0.25, 0.3) is 5.91 Å². The number of para-hydroxylation sites is 1. The highest BCUT2D eigenvalue weighted by atomic mass is 16.5. The van der Waals surface area contributed by atoms with E-state index in [-0.39, 0.29) is 17.4 Å². The van der Waals surface area contributed by atoms with E-state index in [0.717, 1.165) is 62.4 Å². The lowest BCUT2D eigenvalue weighted by Crippen LogP contribution is -2.38. The molecule has 1 amide bonds. The van der Waals surface area contributed by atoms with Gasteiger partial charge < -0.3 is 19.9 Å². The first-order chi connectivity index (χ1) is 18.1. The largest absolute Gasteiger partial charge is 0.506 e. The third-order valence-electron chi connectivity index (χ3n) is 6.32. The van der Waals surface area contributed by atoms with E-state index in [1.165, 1.54) is 6.08 Å². The van der Waals surface area contributed by atoms with Gasteiger partial charge in [-0.1, -0.05) is 43.7 Å². The quantitative estimate of drug-likeness (QED) is 0.317. The summed E-state index contributed by atoms with van der Waals surface area (Å²) in [7, 11) is 0. The predicted octanol–water partition coefficient (Wildman–Crippen LogP) is 4.22. The van der Waals surface area contributed by atoms with Crippen LogP contribution >= 0.6 is 0 Å². The van der Waals surface area contributed by atoms with Crippen molar-refractivity contribution in [2.24, 2.45) is 0 Å². The number of fused-ring (bicyclic) bond motifs is 1. The van der Waals surface area contributed by atoms with Crippen molar-refractivity contribution < 1.29 is 19.4 Å². The maximum Gasteiger partial charge on any atom is 0.262 e. The molecular formula is C29H32N4O4. The Morgan fingerprint density at radius 1 is 1.22 bits per heavy atom. The van der Waals surface area contributed by atoms with Gasteiger partial charge in [-0.25, -0.2) is 4.98 Å². The topological polar surface area (TPSA) is 108 Å². The number of aromatic hydroxyl groups is 1. The molecule has 8 nitrogen and oxygen atoms in total. The van der Waals surface area contributed by atoms with E-state index in [0.29, 0.717) is 17.8 Å². The zero-order valence-corrected chi connectivity index (χ0v) is 21.0. The van der Waals surface area contributed by atoms with Gasteiger partial charge in [-0.2, -0.15) is 5.26 Å². The first-order valence-corrected chi connectivity index (χ1v) is 12.6. The van der Waals surface area contributed by atoms with Crippen LogP contribution in [-0.2, 0) is 9.53 Å². The number of amides is 1. The Labute approximate surface area is 217 Å². The van der Waals surface area contributed by atoms with Crippen LogP contribution in [0.1, 0.15) is 37.1 Å². The predicted molar refractivity (Wildman–Crippen MR) is 142 cm³/mol. The van der Waals surface area contributed by atoms with Gasteiger partial charge in [0.2, 0.25) is 0 Å². The molecule has 192 valence electrons. The summed E-state index contributed by atoms with van der Waals surface area (Å²) in [5.41, 5.74) is 1.74. The number of benzene rings is 2. The SMILES string of the molecule is CCCC(NC(=O)/C(C#N)=C/c1ccc2cccc(O)c2n1)c1ccc(OCCN2CCOCC2)cc1. The van der Waals surface area contributed by atoms with Gasteiger partial charge in [-0.05, 0) is 42.3 Å². The van der Waals surface area contributed by atoms with E-state index in [1.807, 2.05) is 36.4 Å². The summed E-state index contributed by atoms with van der Waals surface area (Å²) < 4.78 is 11.3. The Morgan fingerprint density at radius 3 is 2.73 bits per heavy atom. The summed E-state index contributed by atoms with van der Waals surface area (Å²) in [6.07, 6.45) is 3.03. The van der Waals surface area contributed by atoms with Crippen LogP contribution < -0.4 is 10.1 Å². The minimum atomic E-state index is -0.467. The fourth-order valence-corrected chi connectivity index (χ4v) is 4.28. The molecular weight excluding hydrogens is 468 g/mol. The van der Waals surface area contributed by atoms with Crippen molar-refractivity contribution in [2.75, 3.05) is 39.5 Å². The fourth-order valence-electron chi connectivity index (χ4n) is 4.28. The maximum atomic E-state index is 13.0. The molecule has 0 spiro atoms. The number of phenols is 1. The maximum absolute atomic E-state index is 13.0. The number of hydrogen-bond donors (Lipinski definition) is 2. The number of rotatable bonds is 10. The first kappa shape index (κ1) is 26.1. The molecule has 1 aliphatic rings. The van der Waals surface area contributed by atoms with Crippen molar-refractivity contribution in [3.8, 4) is 17.6 Å². The number of carbonyl (C=O) groups excluding carboxylic acids is 1. The van der Waals surface area contributed by atoms with Crippen molar-refractivity contribution >= 4 is 22.9 Å². The Kier molecular flexibility index (Phi) is 9.08. The van der Waals surface area contributed by atoms with E-state index in [1.54, 1.807) is 24.3 Å². The first-order valence-electron chi connectivity index (χ1n) is 12.6. The van der Waals surface area contributed by atoms with Crippen LogP contribution in [0.25, 0.3) is 17.0 Å². The zero-order chi connectivity index (χ0) is 26.0. The van der Waals surface area contributed by atoms with E-state index in [2.05, 4.69) is 22.1 Å². The third kappa shape index (κ3) is 7.06. The van der Waals surface area contributed by atoms with Crippen LogP contribution in [0, 0.1) is 11.3 Å². The second-order valence-electron chi connectivity index (χ2n) is 8.94. The molecule has 1 saturated heterocycles. The van der Waals surface area contributed by atoms with Gasteiger partial charge in [-0.15, -0.1) is 0 Å². The number of ether oxygens (including phenoxy) is 2. The molecule has 1 fully saturated rings. The molecule has 3 aromatic rings. The number of nitrogens with zero attached hydrogens (tertiary/aromatic N) is 3. The van der Waals surface area contributed by atoms with Crippen LogP contribution in [0.15, 0.2) is 60.2 Å². The van der Waals surface area contributed by atoms with Crippen molar-refractivity contribution in [1.29, 1.82) is 5.26 Å². The van der Waals surface area contributed by atoms with Gasteiger partial charge in [-0.3, -0.25) is 9.69 Å². The van der Waals surface area contributed by atoms with Gasteiger partial charge in [0, 0.05) is 25.0 Å². The van der Waals surface area contributed by atoms with Crippen LogP contribution in [0.3, 0.4) is 0 Å². The second-order valence-corrected chi connectivity index (χ2v) is 8.94. The highest BCUT2D eigenvalue weighted by Gasteiger charge is 2.18. The van der Waals surface area contributed by atoms with Crippen molar-refractivity contribution in [1.82, 2.24) is 15.2 Å². The van der Waals surface area contributed by atoms with E-state index < -0.39 is 5.91 Å². The Hall–Kier alpha value is -3.93. The molecule has 0 aliphatic carbocycles. The van der Waals surface area contributed by atoms with Crippen LogP contribution in [0.5, 0.6) is 11.5 Å². The normalized spacial score (nSPS) is 15.2. The number of pyridine rings is 1. The summed E-state index contributed by atoms with van der Waals surface area (Å²) >= 11 is 0. The number of morpholine rings is 1. The second kappa shape index (κ2) is 12.9. The molecule has 1 aromatic heterocycles. The number of carbonyl (C=O) groups is 1. The fraction of sp³-hybridized carbons (Fsp3) is 0.345. The van der Waals surface area contributed by atoms with Crippen LogP contribution in [0.2, 0.25) is 0 Å². The van der Waals surface area contributed by atoms with Gasteiger partial charge in [0.1, 0.15) is 35.3 Å². The molecule has 1 aliphatic heterocycles. The number of nitriles is 1.